The van der Waals surface area contributed by atoms with Crippen molar-refractivity contribution in [3.05, 3.63) is 54.4 Å². The Balaban J connectivity index is 1.72. The molecule has 96 valence electrons. The van der Waals surface area contributed by atoms with E-state index in [0.717, 1.165) is 24.3 Å². The number of hydrogen-bond donors (Lipinski definition) is 1. The molecule has 0 aliphatic rings. The molecule has 0 radical (unpaired) electrons. The van der Waals surface area contributed by atoms with Crippen LogP contribution in [0.1, 0.15) is 25.0 Å². The first kappa shape index (κ1) is 12.7. The smallest absolute Gasteiger partial charge is 0.119 e. The largest absolute Gasteiger partial charge is 0.494 e. The molecule has 3 nitrogen and oxygen atoms in total. The van der Waals surface area contributed by atoms with Crippen molar-refractivity contribution in [1.29, 1.82) is 0 Å². The Labute approximate surface area is 108 Å². The van der Waals surface area contributed by atoms with Gasteiger partial charge in [-0.1, -0.05) is 18.2 Å². The summed E-state index contributed by atoms with van der Waals surface area (Å²) < 4.78 is 7.70. The number of rotatable bonds is 6. The van der Waals surface area contributed by atoms with E-state index in [9.17, 15) is 5.11 Å². The van der Waals surface area contributed by atoms with Crippen LogP contribution < -0.4 is 4.74 Å². The van der Waals surface area contributed by atoms with E-state index in [1.54, 1.807) is 6.92 Å². The minimum atomic E-state index is -0.396. The maximum absolute atomic E-state index is 9.42. The van der Waals surface area contributed by atoms with Crippen molar-refractivity contribution in [2.75, 3.05) is 6.61 Å². The fourth-order valence-corrected chi connectivity index (χ4v) is 1.80. The lowest BCUT2D eigenvalue weighted by Gasteiger charge is -2.06. The summed E-state index contributed by atoms with van der Waals surface area (Å²) in [5, 5.41) is 9.42. The van der Waals surface area contributed by atoms with Crippen LogP contribution in [-0.4, -0.2) is 16.3 Å². The van der Waals surface area contributed by atoms with Crippen LogP contribution in [0.2, 0.25) is 0 Å². The fourth-order valence-electron chi connectivity index (χ4n) is 1.80. The predicted molar refractivity (Wildman–Crippen MR) is 71.6 cm³/mol. The van der Waals surface area contributed by atoms with Gasteiger partial charge in [-0.3, -0.25) is 0 Å². The van der Waals surface area contributed by atoms with Crippen LogP contribution >= 0.6 is 0 Å². The van der Waals surface area contributed by atoms with Gasteiger partial charge in [0.15, 0.2) is 0 Å². The molecule has 0 spiro atoms. The molecule has 2 aromatic rings. The summed E-state index contributed by atoms with van der Waals surface area (Å²) >= 11 is 0. The normalized spacial score (nSPS) is 12.3. The molecule has 0 fully saturated rings. The molecule has 2 rings (SSSR count). The van der Waals surface area contributed by atoms with Crippen molar-refractivity contribution >= 4 is 0 Å². The quantitative estimate of drug-likeness (QED) is 0.794. The van der Waals surface area contributed by atoms with Gasteiger partial charge in [0.2, 0.25) is 0 Å². The van der Waals surface area contributed by atoms with Gasteiger partial charge >= 0.3 is 0 Å². The third kappa shape index (κ3) is 3.64. The molecule has 0 bridgehead atoms. The lowest BCUT2D eigenvalue weighted by molar-refractivity contribution is 0.199. The highest BCUT2D eigenvalue weighted by Crippen LogP contribution is 2.12. The van der Waals surface area contributed by atoms with Gasteiger partial charge in [-0.2, -0.15) is 0 Å². The summed E-state index contributed by atoms with van der Waals surface area (Å²) in [6.07, 6.45) is 4.52. The van der Waals surface area contributed by atoms with Crippen molar-refractivity contribution in [2.24, 2.45) is 0 Å². The number of aromatic nitrogens is 1. The number of aryl methyl sites for hydroxylation is 1. The maximum atomic E-state index is 9.42. The Morgan fingerprint density at radius 3 is 2.67 bits per heavy atom. The van der Waals surface area contributed by atoms with Crippen LogP contribution in [0.5, 0.6) is 5.75 Å². The molecule has 1 atom stereocenters. The van der Waals surface area contributed by atoms with Crippen molar-refractivity contribution in [2.45, 2.75) is 26.0 Å². The van der Waals surface area contributed by atoms with E-state index >= 15 is 0 Å². The first-order valence-electron chi connectivity index (χ1n) is 6.27. The van der Waals surface area contributed by atoms with Gasteiger partial charge in [-0.25, -0.2) is 0 Å². The minimum Gasteiger partial charge on any atom is -0.494 e. The highest BCUT2D eigenvalue weighted by atomic mass is 16.5. The average molecular weight is 245 g/mol. The SMILES string of the molecule is CC(O)c1ccn(CCCOc2ccccc2)c1. The van der Waals surface area contributed by atoms with Crippen molar-refractivity contribution in [3.63, 3.8) is 0 Å². The van der Waals surface area contributed by atoms with Crippen LogP contribution in [0.15, 0.2) is 48.8 Å². The first-order chi connectivity index (χ1) is 8.75. The number of benzene rings is 1. The molecule has 1 aromatic carbocycles. The van der Waals surface area contributed by atoms with E-state index < -0.39 is 6.10 Å². The highest BCUT2D eigenvalue weighted by molar-refractivity contribution is 5.20. The Kier molecular flexibility index (Phi) is 4.42. The Hall–Kier alpha value is -1.74. The van der Waals surface area contributed by atoms with Crippen LogP contribution in [0, 0.1) is 0 Å². The fraction of sp³-hybridized carbons (Fsp3) is 0.333. The van der Waals surface area contributed by atoms with Crippen molar-refractivity contribution in [3.8, 4) is 5.75 Å². The van der Waals surface area contributed by atoms with E-state index in [-0.39, 0.29) is 0 Å². The second-order valence-corrected chi connectivity index (χ2v) is 4.37. The van der Waals surface area contributed by atoms with Crippen molar-refractivity contribution in [1.82, 2.24) is 4.57 Å². The number of ether oxygens (including phenoxy) is 1. The summed E-state index contributed by atoms with van der Waals surface area (Å²) in [6.45, 7) is 3.38. The molecule has 18 heavy (non-hydrogen) atoms. The monoisotopic (exact) mass is 245 g/mol. The molecule has 0 aliphatic heterocycles. The number of hydrogen-bond acceptors (Lipinski definition) is 2. The molecule has 0 amide bonds. The summed E-state index contributed by atoms with van der Waals surface area (Å²) in [7, 11) is 0. The second kappa shape index (κ2) is 6.26. The average Bonchev–Trinajstić information content (AvgIpc) is 2.85. The number of aliphatic hydroxyl groups excluding tert-OH is 1. The number of nitrogens with zero attached hydrogens (tertiary/aromatic N) is 1. The molecular weight excluding hydrogens is 226 g/mol. The third-order valence-corrected chi connectivity index (χ3v) is 2.83. The number of aliphatic hydroxyl groups is 1. The second-order valence-electron chi connectivity index (χ2n) is 4.37. The zero-order valence-electron chi connectivity index (χ0n) is 10.6. The van der Waals surface area contributed by atoms with E-state index in [0.29, 0.717) is 6.61 Å². The molecular formula is C15H19NO2. The molecule has 1 heterocycles. The molecule has 1 unspecified atom stereocenters. The van der Waals surface area contributed by atoms with Crippen LogP contribution in [-0.2, 0) is 6.54 Å². The summed E-state index contributed by atoms with van der Waals surface area (Å²) in [5.74, 6) is 0.912. The van der Waals surface area contributed by atoms with Crippen molar-refractivity contribution < 1.29 is 9.84 Å². The molecule has 1 aromatic heterocycles. The third-order valence-electron chi connectivity index (χ3n) is 2.83. The molecule has 3 heteroatoms. The summed E-state index contributed by atoms with van der Waals surface area (Å²) in [4.78, 5) is 0. The lowest BCUT2D eigenvalue weighted by Crippen LogP contribution is -2.03. The Morgan fingerprint density at radius 1 is 1.22 bits per heavy atom. The number of para-hydroxylation sites is 1. The first-order valence-corrected chi connectivity index (χ1v) is 6.27. The van der Waals surface area contributed by atoms with E-state index in [1.807, 2.05) is 48.8 Å². The highest BCUT2D eigenvalue weighted by Gasteiger charge is 2.02. The predicted octanol–water partition coefficient (Wildman–Crippen LogP) is 3.01. The van der Waals surface area contributed by atoms with E-state index in [2.05, 4.69) is 4.57 Å². The lowest BCUT2D eigenvalue weighted by atomic mass is 10.2. The summed E-state index contributed by atoms with van der Waals surface area (Å²) in [5.41, 5.74) is 0.957. The molecule has 0 saturated carbocycles. The standard InChI is InChI=1S/C15H19NO2/c1-13(17)14-8-10-16(12-14)9-5-11-18-15-6-3-2-4-7-15/h2-4,6-8,10,12-13,17H,5,9,11H2,1H3. The van der Waals surface area contributed by atoms with Crippen LogP contribution in [0.3, 0.4) is 0 Å². The van der Waals surface area contributed by atoms with Gasteiger partial charge in [0.25, 0.3) is 0 Å². The zero-order valence-corrected chi connectivity index (χ0v) is 10.6. The zero-order chi connectivity index (χ0) is 12.8. The molecule has 0 aliphatic carbocycles. The Bertz CT molecular complexity index is 462. The minimum absolute atomic E-state index is 0.396. The molecule has 0 saturated heterocycles. The van der Waals surface area contributed by atoms with Gasteiger partial charge in [-0.05, 0) is 37.1 Å². The van der Waals surface area contributed by atoms with Gasteiger partial charge in [-0.15, -0.1) is 0 Å². The van der Waals surface area contributed by atoms with E-state index in [4.69, 9.17) is 4.74 Å². The Morgan fingerprint density at radius 2 is 2.00 bits per heavy atom. The van der Waals surface area contributed by atoms with Crippen LogP contribution in [0.4, 0.5) is 0 Å². The maximum Gasteiger partial charge on any atom is 0.119 e. The van der Waals surface area contributed by atoms with Gasteiger partial charge in [0, 0.05) is 18.9 Å². The van der Waals surface area contributed by atoms with Gasteiger partial charge < -0.3 is 14.4 Å². The van der Waals surface area contributed by atoms with Gasteiger partial charge in [0.1, 0.15) is 5.75 Å². The summed E-state index contributed by atoms with van der Waals surface area (Å²) in [6, 6.07) is 11.8. The van der Waals surface area contributed by atoms with E-state index in [1.165, 1.54) is 0 Å². The van der Waals surface area contributed by atoms with Gasteiger partial charge in [0.05, 0.1) is 12.7 Å². The topological polar surface area (TPSA) is 34.4 Å². The molecule has 1 N–H and O–H groups in total. The van der Waals surface area contributed by atoms with Crippen LogP contribution in [0.25, 0.3) is 0 Å².